The SMILES string of the molecule is CCCCCCCCCCC(C#N)(Cn1ccnc1)c1cc(Br)ccc1Cl. The molecule has 0 spiro atoms. The van der Waals surface area contributed by atoms with Crippen molar-refractivity contribution in [1.29, 1.82) is 5.26 Å². The molecule has 1 aromatic carbocycles. The Bertz CT molecular complexity index is 724. The van der Waals surface area contributed by atoms with Crippen molar-refractivity contribution in [3.05, 3.63) is 52.0 Å². The fourth-order valence-electron chi connectivity index (χ4n) is 3.57. The molecule has 0 radical (unpaired) electrons. The highest BCUT2D eigenvalue weighted by Crippen LogP contribution is 2.38. The van der Waals surface area contributed by atoms with Crippen LogP contribution in [-0.2, 0) is 12.0 Å². The summed E-state index contributed by atoms with van der Waals surface area (Å²) < 4.78 is 2.92. The minimum Gasteiger partial charge on any atom is -0.336 e. The zero-order valence-corrected chi connectivity index (χ0v) is 18.5. The van der Waals surface area contributed by atoms with Gasteiger partial charge in [0.15, 0.2) is 0 Å². The second-order valence-electron chi connectivity index (χ2n) is 7.28. The number of imidazole rings is 1. The number of halogens is 2. The number of hydrogen-bond donors (Lipinski definition) is 0. The summed E-state index contributed by atoms with van der Waals surface area (Å²) in [5.74, 6) is 0. The molecule has 0 N–H and O–H groups in total. The van der Waals surface area contributed by atoms with Gasteiger partial charge < -0.3 is 4.57 Å². The molecule has 0 fully saturated rings. The zero-order valence-electron chi connectivity index (χ0n) is 16.1. The minimum absolute atomic E-state index is 0.566. The highest BCUT2D eigenvalue weighted by molar-refractivity contribution is 9.10. The lowest BCUT2D eigenvalue weighted by Gasteiger charge is -2.29. The third-order valence-corrected chi connectivity index (χ3v) is 5.95. The molecule has 1 atom stereocenters. The molecule has 0 aliphatic carbocycles. The number of hydrogen-bond acceptors (Lipinski definition) is 2. The molecule has 146 valence electrons. The number of rotatable bonds is 12. The van der Waals surface area contributed by atoms with Gasteiger partial charge in [-0.3, -0.25) is 0 Å². The van der Waals surface area contributed by atoms with E-state index in [1.165, 1.54) is 38.5 Å². The maximum Gasteiger partial charge on any atom is 0.102 e. The molecular weight excluding hydrogens is 422 g/mol. The lowest BCUT2D eigenvalue weighted by atomic mass is 9.77. The Labute approximate surface area is 176 Å². The van der Waals surface area contributed by atoms with Gasteiger partial charge in [0.2, 0.25) is 0 Å². The Morgan fingerprint density at radius 3 is 2.48 bits per heavy atom. The van der Waals surface area contributed by atoms with Crippen LogP contribution in [0.15, 0.2) is 41.4 Å². The Balaban J connectivity index is 2.06. The third kappa shape index (κ3) is 6.66. The number of unbranched alkanes of at least 4 members (excludes halogenated alkanes) is 7. The molecule has 0 aliphatic rings. The third-order valence-electron chi connectivity index (χ3n) is 5.13. The van der Waals surface area contributed by atoms with Crippen LogP contribution in [0.2, 0.25) is 5.02 Å². The van der Waals surface area contributed by atoms with Crippen molar-refractivity contribution in [3.63, 3.8) is 0 Å². The molecule has 0 bridgehead atoms. The van der Waals surface area contributed by atoms with Crippen molar-refractivity contribution in [2.75, 3.05) is 0 Å². The molecule has 5 heteroatoms. The highest BCUT2D eigenvalue weighted by atomic mass is 79.9. The van der Waals surface area contributed by atoms with E-state index >= 15 is 0 Å². The standard InChI is InChI=1S/C22H29BrClN3/c1-2-3-4-5-6-7-8-9-12-22(16-25,17-27-14-13-26-18-27)20-15-19(23)10-11-21(20)24/h10-11,13-15,18H,2-9,12,17H2,1H3. The van der Waals surface area contributed by atoms with Crippen LogP contribution in [0.5, 0.6) is 0 Å². The lowest BCUT2D eigenvalue weighted by molar-refractivity contribution is 0.402. The van der Waals surface area contributed by atoms with Crippen molar-refractivity contribution >= 4 is 27.5 Å². The molecule has 0 amide bonds. The van der Waals surface area contributed by atoms with E-state index in [-0.39, 0.29) is 0 Å². The molecule has 0 saturated heterocycles. The van der Waals surface area contributed by atoms with Crippen LogP contribution in [0.3, 0.4) is 0 Å². The first-order valence-electron chi connectivity index (χ1n) is 9.94. The highest BCUT2D eigenvalue weighted by Gasteiger charge is 2.34. The average molecular weight is 451 g/mol. The topological polar surface area (TPSA) is 41.6 Å². The summed E-state index contributed by atoms with van der Waals surface area (Å²) in [5.41, 5.74) is 0.252. The van der Waals surface area contributed by atoms with Crippen LogP contribution in [-0.4, -0.2) is 9.55 Å². The van der Waals surface area contributed by atoms with Gasteiger partial charge in [-0.2, -0.15) is 5.26 Å². The van der Waals surface area contributed by atoms with Crippen LogP contribution < -0.4 is 0 Å². The summed E-state index contributed by atoms with van der Waals surface area (Å²) in [4.78, 5) is 4.13. The molecular formula is C22H29BrClN3. The van der Waals surface area contributed by atoms with Gasteiger partial charge in [0.1, 0.15) is 5.41 Å². The minimum atomic E-state index is -0.649. The van der Waals surface area contributed by atoms with Crippen molar-refractivity contribution in [2.45, 2.75) is 76.7 Å². The maximum atomic E-state index is 10.2. The molecule has 1 aromatic heterocycles. The van der Waals surface area contributed by atoms with Gasteiger partial charge >= 0.3 is 0 Å². The molecule has 2 rings (SSSR count). The zero-order chi connectivity index (χ0) is 19.5. The van der Waals surface area contributed by atoms with Gasteiger partial charge in [0.05, 0.1) is 12.4 Å². The van der Waals surface area contributed by atoms with E-state index in [1.807, 2.05) is 29.0 Å². The van der Waals surface area contributed by atoms with E-state index in [9.17, 15) is 5.26 Å². The normalized spacial score (nSPS) is 13.3. The van der Waals surface area contributed by atoms with Gasteiger partial charge in [0.25, 0.3) is 0 Å². The Morgan fingerprint density at radius 2 is 1.85 bits per heavy atom. The van der Waals surface area contributed by atoms with Gasteiger partial charge in [-0.15, -0.1) is 0 Å². The van der Waals surface area contributed by atoms with E-state index in [4.69, 9.17) is 11.6 Å². The number of nitriles is 1. The van der Waals surface area contributed by atoms with Gasteiger partial charge in [-0.05, 0) is 30.2 Å². The molecule has 2 aromatic rings. The largest absolute Gasteiger partial charge is 0.336 e. The first-order chi connectivity index (χ1) is 13.1. The first kappa shape index (κ1) is 22.0. The van der Waals surface area contributed by atoms with Gasteiger partial charge in [-0.25, -0.2) is 4.98 Å². The molecule has 0 aliphatic heterocycles. The van der Waals surface area contributed by atoms with E-state index in [1.54, 1.807) is 12.5 Å². The summed E-state index contributed by atoms with van der Waals surface area (Å²) in [5, 5.41) is 10.8. The predicted molar refractivity (Wildman–Crippen MR) is 116 cm³/mol. The monoisotopic (exact) mass is 449 g/mol. The number of benzene rings is 1. The van der Waals surface area contributed by atoms with Crippen LogP contribution in [0.25, 0.3) is 0 Å². The summed E-state index contributed by atoms with van der Waals surface area (Å²) in [6.07, 6.45) is 16.2. The van der Waals surface area contributed by atoms with Crippen molar-refractivity contribution in [2.24, 2.45) is 0 Å². The Hall–Kier alpha value is -1.31. The van der Waals surface area contributed by atoms with Crippen LogP contribution in [0.4, 0.5) is 0 Å². The average Bonchev–Trinajstić information content (AvgIpc) is 3.18. The van der Waals surface area contributed by atoms with Crippen molar-refractivity contribution in [1.82, 2.24) is 9.55 Å². The second kappa shape index (κ2) is 11.5. The quantitative estimate of drug-likeness (QED) is 0.318. The van der Waals surface area contributed by atoms with Crippen molar-refractivity contribution < 1.29 is 0 Å². The molecule has 1 heterocycles. The molecule has 3 nitrogen and oxygen atoms in total. The maximum absolute atomic E-state index is 10.2. The van der Waals surface area contributed by atoms with Gasteiger partial charge in [0, 0.05) is 28.4 Å². The molecule has 27 heavy (non-hydrogen) atoms. The summed E-state index contributed by atoms with van der Waals surface area (Å²) in [6, 6.07) is 8.38. The fourth-order valence-corrected chi connectivity index (χ4v) is 4.23. The van der Waals surface area contributed by atoms with Crippen LogP contribution >= 0.6 is 27.5 Å². The fraction of sp³-hybridized carbons (Fsp3) is 0.545. The van der Waals surface area contributed by atoms with Crippen LogP contribution in [0, 0.1) is 11.3 Å². The predicted octanol–water partition coefficient (Wildman–Crippen LogP) is 7.29. The van der Waals surface area contributed by atoms with E-state index in [0.29, 0.717) is 11.6 Å². The molecule has 0 saturated carbocycles. The summed E-state index contributed by atoms with van der Waals surface area (Å²) >= 11 is 10.0. The van der Waals surface area contributed by atoms with E-state index in [0.717, 1.165) is 29.3 Å². The molecule has 1 unspecified atom stereocenters. The summed E-state index contributed by atoms with van der Waals surface area (Å²) in [7, 11) is 0. The van der Waals surface area contributed by atoms with Crippen LogP contribution in [0.1, 0.15) is 70.3 Å². The second-order valence-corrected chi connectivity index (χ2v) is 8.60. The number of nitrogens with zero attached hydrogens (tertiary/aromatic N) is 3. The first-order valence-corrected chi connectivity index (χ1v) is 11.1. The van der Waals surface area contributed by atoms with E-state index < -0.39 is 5.41 Å². The summed E-state index contributed by atoms with van der Waals surface area (Å²) in [6.45, 7) is 2.81. The lowest BCUT2D eigenvalue weighted by Crippen LogP contribution is -2.30. The number of aromatic nitrogens is 2. The smallest absolute Gasteiger partial charge is 0.102 e. The Morgan fingerprint density at radius 1 is 1.15 bits per heavy atom. The van der Waals surface area contributed by atoms with Crippen molar-refractivity contribution in [3.8, 4) is 6.07 Å². The van der Waals surface area contributed by atoms with Gasteiger partial charge in [-0.1, -0.05) is 85.8 Å². The Kier molecular flexibility index (Phi) is 9.38. The van der Waals surface area contributed by atoms with E-state index in [2.05, 4.69) is 33.9 Å².